The largest absolute Gasteiger partial charge is 0.453 e. The number of carbonyl (C=O) groups is 1. The normalized spacial score (nSPS) is 15.8. The second-order valence-corrected chi connectivity index (χ2v) is 5.66. The summed E-state index contributed by atoms with van der Waals surface area (Å²) in [6, 6.07) is 0. The summed E-state index contributed by atoms with van der Waals surface area (Å²) in [6.07, 6.45) is 1.77. The maximum Gasteiger partial charge on any atom is 0.367 e. The predicted molar refractivity (Wildman–Crippen MR) is 62.1 cm³/mol. The van der Waals surface area contributed by atoms with Crippen molar-refractivity contribution < 1.29 is 9.53 Å². The van der Waals surface area contributed by atoms with Gasteiger partial charge in [-0.2, -0.15) is 0 Å². The molecular formula is C8H15IO2S. The minimum absolute atomic E-state index is 0.0329. The molecule has 0 aliphatic carbocycles. The first-order chi connectivity index (χ1) is 5.49. The highest BCUT2D eigenvalue weighted by Crippen LogP contribution is 2.19. The average molecular weight is 302 g/mol. The van der Waals surface area contributed by atoms with Crippen LogP contribution in [0.5, 0.6) is 0 Å². The number of hydrogen-bond donors (Lipinski definition) is 0. The molecule has 0 rings (SSSR count). The molecule has 12 heavy (non-hydrogen) atoms. The number of halogens is 1. The highest BCUT2D eigenvalue weighted by atomic mass is 127. The fourth-order valence-electron chi connectivity index (χ4n) is 0.919. The molecule has 4 heteroatoms. The van der Waals surface area contributed by atoms with Gasteiger partial charge in [-0.25, -0.2) is 4.79 Å². The summed E-state index contributed by atoms with van der Waals surface area (Å²) in [6.45, 7) is 6.18. The van der Waals surface area contributed by atoms with Crippen molar-refractivity contribution in [3.05, 3.63) is 0 Å². The number of hydrogen-bond acceptors (Lipinski definition) is 3. The van der Waals surface area contributed by atoms with Crippen molar-refractivity contribution in [2.24, 2.45) is 5.92 Å². The second-order valence-electron chi connectivity index (χ2n) is 2.96. The van der Waals surface area contributed by atoms with Crippen LogP contribution in [0.1, 0.15) is 20.8 Å². The van der Waals surface area contributed by atoms with Crippen molar-refractivity contribution in [3.8, 4) is 0 Å². The van der Waals surface area contributed by atoms with E-state index in [1.807, 2.05) is 0 Å². The van der Waals surface area contributed by atoms with Gasteiger partial charge in [0.2, 0.25) is 0 Å². The molecule has 0 saturated carbocycles. The molecule has 0 heterocycles. The quantitative estimate of drug-likeness (QED) is 0.454. The van der Waals surface area contributed by atoms with Gasteiger partial charge in [0.1, 0.15) is 6.10 Å². The van der Waals surface area contributed by atoms with Gasteiger partial charge in [0.05, 0.1) is 0 Å². The lowest BCUT2D eigenvalue weighted by Crippen LogP contribution is -2.29. The molecule has 0 saturated heterocycles. The Kier molecular flexibility index (Phi) is 6.35. The molecule has 0 aliphatic rings. The Labute approximate surface area is 92.0 Å². The molecule has 0 N–H and O–H groups in total. The monoisotopic (exact) mass is 302 g/mol. The molecule has 2 unspecified atom stereocenters. The fourth-order valence-corrected chi connectivity index (χ4v) is 2.10. The number of alkyl halides is 1. The summed E-state index contributed by atoms with van der Waals surface area (Å²) >= 11 is 3.41. The van der Waals surface area contributed by atoms with Crippen LogP contribution in [0.4, 0.5) is 4.79 Å². The second kappa shape index (κ2) is 6.07. The third kappa shape index (κ3) is 4.54. The first-order valence-corrected chi connectivity index (χ1v) is 6.34. The van der Waals surface area contributed by atoms with Crippen molar-refractivity contribution >= 4 is 39.7 Å². The summed E-state index contributed by atoms with van der Waals surface area (Å²) in [5.74, 6) is 0.382. The van der Waals surface area contributed by atoms with E-state index >= 15 is 0 Å². The van der Waals surface area contributed by atoms with E-state index in [1.54, 1.807) is 6.26 Å². The molecular weight excluding hydrogens is 287 g/mol. The molecule has 0 fully saturated rings. The fraction of sp³-hybridized carbons (Fsp3) is 0.875. The number of thioether (sulfide) groups is 1. The van der Waals surface area contributed by atoms with Gasteiger partial charge in [-0.3, -0.25) is 0 Å². The van der Waals surface area contributed by atoms with Crippen LogP contribution in [0, 0.1) is 5.92 Å². The Hall–Kier alpha value is 0.550. The van der Waals surface area contributed by atoms with Gasteiger partial charge in [-0.15, -0.1) is 0 Å². The highest BCUT2D eigenvalue weighted by Gasteiger charge is 2.22. The molecule has 0 aromatic carbocycles. The zero-order chi connectivity index (χ0) is 9.72. The van der Waals surface area contributed by atoms with Crippen LogP contribution in [-0.2, 0) is 4.74 Å². The molecule has 0 aliphatic heterocycles. The summed E-state index contributed by atoms with van der Waals surface area (Å²) < 4.78 is 5.60. The van der Waals surface area contributed by atoms with E-state index in [0.717, 1.165) is 11.8 Å². The minimum Gasteiger partial charge on any atom is -0.453 e. The minimum atomic E-state index is -0.183. The Bertz CT molecular complexity index is 140. The predicted octanol–water partition coefficient (Wildman–Crippen LogP) is 3.33. The van der Waals surface area contributed by atoms with E-state index in [1.165, 1.54) is 0 Å². The third-order valence-electron chi connectivity index (χ3n) is 1.51. The van der Waals surface area contributed by atoms with E-state index in [0.29, 0.717) is 9.84 Å². The summed E-state index contributed by atoms with van der Waals surface area (Å²) in [4.78, 5) is 11.0. The highest BCUT2D eigenvalue weighted by molar-refractivity contribution is 14.1. The van der Waals surface area contributed by atoms with Crippen LogP contribution in [-0.4, -0.2) is 21.6 Å². The Morgan fingerprint density at radius 2 is 1.92 bits per heavy atom. The zero-order valence-electron chi connectivity index (χ0n) is 7.83. The number of carbonyl (C=O) groups excluding carboxylic acids is 1. The van der Waals surface area contributed by atoms with E-state index in [4.69, 9.17) is 4.74 Å². The Balaban J connectivity index is 4.05. The molecule has 72 valence electrons. The van der Waals surface area contributed by atoms with Crippen molar-refractivity contribution in [3.63, 3.8) is 0 Å². The summed E-state index contributed by atoms with van der Waals surface area (Å²) in [7, 11) is 0. The van der Waals surface area contributed by atoms with Gasteiger partial charge >= 0.3 is 5.30 Å². The molecule has 0 radical (unpaired) electrons. The van der Waals surface area contributed by atoms with Gasteiger partial charge < -0.3 is 4.74 Å². The molecule has 0 aromatic heterocycles. The average Bonchev–Trinajstić information content (AvgIpc) is 1.98. The molecule has 2 atom stereocenters. The van der Waals surface area contributed by atoms with Crippen molar-refractivity contribution in [2.45, 2.75) is 30.8 Å². The van der Waals surface area contributed by atoms with Crippen LogP contribution >= 0.6 is 34.4 Å². The Morgan fingerprint density at radius 1 is 1.42 bits per heavy atom. The van der Waals surface area contributed by atoms with Crippen molar-refractivity contribution in [1.29, 1.82) is 0 Å². The van der Waals surface area contributed by atoms with Crippen LogP contribution < -0.4 is 0 Å². The number of rotatable bonds is 3. The lowest BCUT2D eigenvalue weighted by Gasteiger charge is -2.23. The maximum absolute atomic E-state index is 11.0. The standard InChI is InChI=1S/C8H15IO2S/c1-5(2)7(6(3)9)11-8(10)12-4/h5-7H,1-4H3. The first-order valence-electron chi connectivity index (χ1n) is 3.87. The molecule has 0 amide bonds. The van der Waals surface area contributed by atoms with E-state index in [2.05, 4.69) is 43.4 Å². The van der Waals surface area contributed by atoms with Crippen LogP contribution in [0.25, 0.3) is 0 Å². The van der Waals surface area contributed by atoms with Gasteiger partial charge in [0.25, 0.3) is 0 Å². The Morgan fingerprint density at radius 3 is 2.17 bits per heavy atom. The van der Waals surface area contributed by atoms with Crippen LogP contribution in [0.2, 0.25) is 0 Å². The first kappa shape index (κ1) is 12.6. The number of ether oxygens (including phenoxy) is 1. The van der Waals surface area contributed by atoms with Crippen LogP contribution in [0.3, 0.4) is 0 Å². The van der Waals surface area contributed by atoms with E-state index < -0.39 is 0 Å². The lowest BCUT2D eigenvalue weighted by molar-refractivity contribution is 0.0963. The van der Waals surface area contributed by atoms with Gasteiger partial charge in [0.15, 0.2) is 0 Å². The van der Waals surface area contributed by atoms with Gasteiger partial charge in [-0.05, 0) is 30.9 Å². The van der Waals surface area contributed by atoms with Crippen molar-refractivity contribution in [1.82, 2.24) is 0 Å². The lowest BCUT2D eigenvalue weighted by atomic mass is 10.1. The summed E-state index contributed by atoms with van der Waals surface area (Å²) in [5, 5.41) is -0.183. The molecule has 0 spiro atoms. The van der Waals surface area contributed by atoms with Crippen LogP contribution in [0.15, 0.2) is 0 Å². The molecule has 0 bridgehead atoms. The smallest absolute Gasteiger partial charge is 0.367 e. The summed E-state index contributed by atoms with van der Waals surface area (Å²) in [5.41, 5.74) is 0. The molecule has 2 nitrogen and oxygen atoms in total. The van der Waals surface area contributed by atoms with Gasteiger partial charge in [-0.1, -0.05) is 36.4 Å². The SMILES string of the molecule is CSC(=O)OC(C(C)C)C(C)I. The topological polar surface area (TPSA) is 26.3 Å². The van der Waals surface area contributed by atoms with Gasteiger partial charge in [0, 0.05) is 3.92 Å². The van der Waals surface area contributed by atoms with E-state index in [-0.39, 0.29) is 11.4 Å². The maximum atomic E-state index is 11.0. The third-order valence-corrected chi connectivity index (χ3v) is 2.65. The van der Waals surface area contributed by atoms with Crippen molar-refractivity contribution in [2.75, 3.05) is 6.26 Å². The zero-order valence-corrected chi connectivity index (χ0v) is 10.8. The van der Waals surface area contributed by atoms with E-state index in [9.17, 15) is 4.79 Å². The molecule has 0 aromatic rings.